The largest absolute Gasteiger partial charge is 0.389 e. The molecule has 30 heavy (non-hydrogen) atoms. The van der Waals surface area contributed by atoms with Crippen LogP contribution in [-0.2, 0) is 4.79 Å². The molecule has 2 heteroatoms. The van der Waals surface area contributed by atoms with Crippen molar-refractivity contribution >= 4 is 5.78 Å². The Morgan fingerprint density at radius 2 is 1.77 bits per heavy atom. The van der Waals surface area contributed by atoms with Crippen LogP contribution in [0.25, 0.3) is 0 Å². The third-order valence-electron chi connectivity index (χ3n) is 11.0. The van der Waals surface area contributed by atoms with Gasteiger partial charge in [-0.25, -0.2) is 0 Å². The first kappa shape index (κ1) is 22.6. The van der Waals surface area contributed by atoms with E-state index in [0.29, 0.717) is 23.7 Å². The zero-order chi connectivity index (χ0) is 21.8. The lowest BCUT2D eigenvalue weighted by Gasteiger charge is -2.59. The molecule has 0 aromatic rings. The van der Waals surface area contributed by atoms with Gasteiger partial charge in [0.1, 0.15) is 0 Å². The van der Waals surface area contributed by atoms with Crippen LogP contribution in [-0.4, -0.2) is 17.0 Å². The lowest BCUT2D eigenvalue weighted by molar-refractivity contribution is -0.119. The molecule has 2 nitrogen and oxygen atoms in total. The van der Waals surface area contributed by atoms with Crippen molar-refractivity contribution in [2.45, 2.75) is 105 Å². The summed E-state index contributed by atoms with van der Waals surface area (Å²) in [5, 5.41) is 11.1. The van der Waals surface area contributed by atoms with Gasteiger partial charge in [0.15, 0.2) is 5.78 Å². The van der Waals surface area contributed by atoms with Crippen LogP contribution < -0.4 is 0 Å². The Morgan fingerprint density at radius 1 is 1.03 bits per heavy atom. The topological polar surface area (TPSA) is 37.3 Å². The third kappa shape index (κ3) is 3.54. The van der Waals surface area contributed by atoms with Crippen LogP contribution in [0, 0.1) is 52.3 Å². The second-order valence-electron chi connectivity index (χ2n) is 12.6. The van der Waals surface area contributed by atoms with Crippen LogP contribution in [0.15, 0.2) is 11.6 Å². The zero-order valence-corrected chi connectivity index (χ0v) is 20.4. The van der Waals surface area contributed by atoms with E-state index in [1.165, 1.54) is 38.5 Å². The molecule has 0 amide bonds. The molecule has 170 valence electrons. The number of carbonyl (C=O) groups excluding carboxylic acids is 1. The Balaban J connectivity index is 1.52. The Labute approximate surface area is 185 Å². The summed E-state index contributed by atoms with van der Waals surface area (Å²) in [6.45, 7) is 14.7. The molecule has 4 rings (SSSR count). The number of aliphatic hydroxyl groups is 1. The van der Waals surface area contributed by atoms with Crippen LogP contribution in [0.1, 0.15) is 99.3 Å². The van der Waals surface area contributed by atoms with Crippen molar-refractivity contribution in [3.8, 4) is 0 Å². The fourth-order valence-electron chi connectivity index (χ4n) is 8.64. The summed E-state index contributed by atoms with van der Waals surface area (Å²) < 4.78 is 0. The minimum absolute atomic E-state index is 0.0496. The maximum Gasteiger partial charge on any atom is 0.155 e. The molecule has 3 saturated carbocycles. The number of rotatable bonds is 5. The lowest BCUT2D eigenvalue weighted by Crippen LogP contribution is -2.54. The molecule has 4 aliphatic carbocycles. The van der Waals surface area contributed by atoms with Crippen LogP contribution in [0.2, 0.25) is 0 Å². The second kappa shape index (κ2) is 8.05. The van der Waals surface area contributed by atoms with Crippen molar-refractivity contribution in [1.82, 2.24) is 0 Å². The van der Waals surface area contributed by atoms with E-state index in [4.69, 9.17) is 0 Å². The van der Waals surface area contributed by atoms with Gasteiger partial charge in [0.25, 0.3) is 0 Å². The van der Waals surface area contributed by atoms with Crippen molar-refractivity contribution in [1.29, 1.82) is 0 Å². The average Bonchev–Trinajstić information content (AvgIpc) is 3.04. The Morgan fingerprint density at radius 3 is 2.47 bits per heavy atom. The van der Waals surface area contributed by atoms with E-state index in [1.54, 1.807) is 0 Å². The summed E-state index contributed by atoms with van der Waals surface area (Å²) in [5.41, 5.74) is 1.58. The summed E-state index contributed by atoms with van der Waals surface area (Å²) in [4.78, 5) is 12.1. The number of ketones is 1. The molecule has 3 fully saturated rings. The predicted molar refractivity (Wildman–Crippen MR) is 124 cm³/mol. The maximum atomic E-state index is 12.1. The molecule has 0 aromatic heterocycles. The molecule has 0 aromatic carbocycles. The van der Waals surface area contributed by atoms with Crippen molar-refractivity contribution in [2.24, 2.45) is 52.3 Å². The van der Waals surface area contributed by atoms with E-state index in [2.05, 4.69) is 41.5 Å². The third-order valence-corrected chi connectivity index (χ3v) is 11.0. The predicted octanol–water partition coefficient (Wildman–Crippen LogP) is 6.81. The summed E-state index contributed by atoms with van der Waals surface area (Å²) in [5.74, 6) is 5.55. The molecule has 1 N–H and O–H groups in total. The van der Waals surface area contributed by atoms with Gasteiger partial charge in [0.2, 0.25) is 0 Å². The SMILES string of the molecule is CC(C)C(C)CC[C@@H](C)[C@H]1CC[C@H]2[C@@H]3C[C@@H](O)C4=CC(=O)CC[C@]4(C)[C@H]3CC[C@]12C. The van der Waals surface area contributed by atoms with Gasteiger partial charge in [-0.15, -0.1) is 0 Å². The summed E-state index contributed by atoms with van der Waals surface area (Å²) in [6.07, 6.45) is 12.1. The highest BCUT2D eigenvalue weighted by atomic mass is 16.3. The van der Waals surface area contributed by atoms with E-state index in [9.17, 15) is 9.90 Å². The molecule has 0 saturated heterocycles. The number of hydrogen-bond acceptors (Lipinski definition) is 2. The average molecular weight is 415 g/mol. The van der Waals surface area contributed by atoms with Gasteiger partial charge in [-0.2, -0.15) is 0 Å². The minimum Gasteiger partial charge on any atom is -0.389 e. The van der Waals surface area contributed by atoms with Gasteiger partial charge >= 0.3 is 0 Å². The van der Waals surface area contributed by atoms with E-state index in [0.717, 1.165) is 48.0 Å². The molecule has 1 unspecified atom stereocenters. The van der Waals surface area contributed by atoms with Crippen LogP contribution in [0.4, 0.5) is 0 Å². The van der Waals surface area contributed by atoms with Gasteiger partial charge in [0, 0.05) is 6.42 Å². The van der Waals surface area contributed by atoms with Gasteiger partial charge in [0.05, 0.1) is 6.10 Å². The van der Waals surface area contributed by atoms with E-state index in [-0.39, 0.29) is 11.2 Å². The molecule has 9 atom stereocenters. The first-order chi connectivity index (χ1) is 14.1. The van der Waals surface area contributed by atoms with Gasteiger partial charge in [-0.3, -0.25) is 4.79 Å². The van der Waals surface area contributed by atoms with Crippen molar-refractivity contribution < 1.29 is 9.90 Å². The van der Waals surface area contributed by atoms with E-state index >= 15 is 0 Å². The lowest BCUT2D eigenvalue weighted by atomic mass is 9.46. The zero-order valence-electron chi connectivity index (χ0n) is 20.4. The molecule has 0 spiro atoms. The fraction of sp³-hybridized carbons (Fsp3) is 0.893. The second-order valence-corrected chi connectivity index (χ2v) is 12.6. The highest BCUT2D eigenvalue weighted by Crippen LogP contribution is 2.67. The van der Waals surface area contributed by atoms with E-state index < -0.39 is 6.10 Å². The molecule has 0 heterocycles. The molecular formula is C28H46O2. The summed E-state index contributed by atoms with van der Waals surface area (Å²) in [7, 11) is 0. The fourth-order valence-corrected chi connectivity index (χ4v) is 8.64. The maximum absolute atomic E-state index is 12.1. The van der Waals surface area contributed by atoms with Gasteiger partial charge < -0.3 is 5.11 Å². The molecule has 0 aliphatic heterocycles. The highest BCUT2D eigenvalue weighted by molar-refractivity contribution is 5.91. The molecular weight excluding hydrogens is 368 g/mol. The first-order valence-corrected chi connectivity index (χ1v) is 13.0. The van der Waals surface area contributed by atoms with Crippen molar-refractivity contribution in [3.63, 3.8) is 0 Å². The number of aliphatic hydroxyl groups excluding tert-OH is 1. The summed E-state index contributed by atoms with van der Waals surface area (Å²) >= 11 is 0. The van der Waals surface area contributed by atoms with Crippen molar-refractivity contribution in [2.75, 3.05) is 0 Å². The van der Waals surface area contributed by atoms with Crippen LogP contribution >= 0.6 is 0 Å². The van der Waals surface area contributed by atoms with Crippen LogP contribution in [0.5, 0.6) is 0 Å². The summed E-state index contributed by atoms with van der Waals surface area (Å²) in [6, 6.07) is 0. The molecule has 0 bridgehead atoms. The first-order valence-electron chi connectivity index (χ1n) is 13.0. The Hall–Kier alpha value is -0.630. The Bertz CT molecular complexity index is 693. The van der Waals surface area contributed by atoms with Gasteiger partial charge in [-0.1, -0.05) is 54.4 Å². The standard InChI is InChI=1S/C28H46O2/c1-17(2)18(3)7-8-19(4)22-9-10-23-21-16-26(30)25-15-20(29)11-13-28(25,6)24(21)12-14-27(22,23)5/h15,17-19,21-24,26,30H,7-14,16H2,1-6H3/t18?,19-,21+,22-,23+,24+,26-,27-,28-/m1/s1. The van der Waals surface area contributed by atoms with E-state index in [1.807, 2.05) is 6.08 Å². The Kier molecular flexibility index (Phi) is 6.06. The van der Waals surface area contributed by atoms with Crippen molar-refractivity contribution in [3.05, 3.63) is 11.6 Å². The molecule has 4 aliphatic rings. The number of fused-ring (bicyclic) bond motifs is 5. The normalized spacial score (nSPS) is 45.4. The molecule has 0 radical (unpaired) electrons. The minimum atomic E-state index is -0.397. The van der Waals surface area contributed by atoms with Crippen LogP contribution in [0.3, 0.4) is 0 Å². The highest BCUT2D eigenvalue weighted by Gasteiger charge is 2.60. The monoisotopic (exact) mass is 414 g/mol. The number of carbonyl (C=O) groups is 1. The quantitative estimate of drug-likeness (QED) is 0.536. The number of hydrogen-bond donors (Lipinski definition) is 1. The smallest absolute Gasteiger partial charge is 0.155 e. The van der Waals surface area contributed by atoms with Gasteiger partial charge in [-0.05, 0) is 102 Å².